The molecule has 0 aromatic carbocycles. The third kappa shape index (κ3) is 5.64. The van der Waals surface area contributed by atoms with E-state index < -0.39 is 8.07 Å². The summed E-state index contributed by atoms with van der Waals surface area (Å²) in [7, 11) is -1.53. The number of pyridine rings is 2. The van der Waals surface area contributed by atoms with Gasteiger partial charge >= 0.3 is 0 Å². The summed E-state index contributed by atoms with van der Waals surface area (Å²) in [4.78, 5) is 11.8. The lowest BCUT2D eigenvalue weighted by molar-refractivity contribution is 0.300. The van der Waals surface area contributed by atoms with Gasteiger partial charge in [0.15, 0.2) is 0 Å². The van der Waals surface area contributed by atoms with Gasteiger partial charge in [-0.15, -0.1) is 0 Å². The van der Waals surface area contributed by atoms with Gasteiger partial charge in [-0.2, -0.15) is 0 Å². The van der Waals surface area contributed by atoms with Crippen LogP contribution in [0, 0.1) is 3.57 Å². The Kier molecular flexibility index (Phi) is 9.21. The van der Waals surface area contributed by atoms with Gasteiger partial charge in [0.2, 0.25) is 0 Å². The molecule has 29 heavy (non-hydrogen) atoms. The van der Waals surface area contributed by atoms with Crippen LogP contribution < -0.4 is 11.1 Å². The molecule has 0 bridgehead atoms. The molecular formula is C20H27Cl2IN4OSi. The predicted molar refractivity (Wildman–Crippen MR) is 135 cm³/mol. The molecule has 3 heterocycles. The molecule has 0 unspecified atom stereocenters. The van der Waals surface area contributed by atoms with Crippen LogP contribution >= 0.6 is 45.8 Å². The molecule has 3 rings (SSSR count). The Morgan fingerprint density at radius 3 is 2.17 bits per heavy atom. The van der Waals surface area contributed by atoms with E-state index in [-0.39, 0.29) is 6.61 Å². The number of hydrogen-bond donors (Lipinski definition) is 3. The first kappa shape index (κ1) is 24.4. The Morgan fingerprint density at radius 2 is 1.66 bits per heavy atom. The van der Waals surface area contributed by atoms with Crippen LogP contribution in [0.1, 0.15) is 26.3 Å². The number of rotatable bonds is 6. The fourth-order valence-electron chi connectivity index (χ4n) is 3.63. The maximum Gasteiger partial charge on any atom is 0.137 e. The summed E-state index contributed by atoms with van der Waals surface area (Å²) in [5.41, 5.74) is 7.55. The number of nitrogens with one attached hydrogen (secondary N) is 1. The maximum atomic E-state index is 9.42. The highest BCUT2D eigenvalue weighted by Crippen LogP contribution is 2.27. The highest BCUT2D eigenvalue weighted by molar-refractivity contribution is 14.1. The van der Waals surface area contributed by atoms with Crippen molar-refractivity contribution >= 4 is 76.0 Å². The number of nitrogen functional groups attached to an aromatic ring is 1. The smallest absolute Gasteiger partial charge is 0.137 e. The number of nitrogens with two attached hydrogens (primary N) is 1. The zero-order valence-electron chi connectivity index (χ0n) is 16.9. The van der Waals surface area contributed by atoms with Gasteiger partial charge in [-0.1, -0.05) is 62.1 Å². The van der Waals surface area contributed by atoms with Crippen LogP contribution in [0.15, 0.2) is 24.5 Å². The van der Waals surface area contributed by atoms with Crippen LogP contribution in [-0.4, -0.2) is 34.7 Å². The average molecular weight is 565 g/mol. The molecule has 3 aromatic rings. The number of aromatic amines is 1. The first-order valence-corrected chi connectivity index (χ1v) is 14.1. The summed E-state index contributed by atoms with van der Waals surface area (Å²) in [6.07, 6.45) is 3.88. The molecule has 4 N–H and O–H groups in total. The zero-order chi connectivity index (χ0) is 21.6. The van der Waals surface area contributed by atoms with E-state index in [0.717, 1.165) is 14.6 Å². The molecule has 0 radical (unpaired) electrons. The van der Waals surface area contributed by atoms with Gasteiger partial charge in [-0.05, 0) is 46.7 Å². The average Bonchev–Trinajstić information content (AvgIpc) is 3.06. The number of aliphatic hydroxyl groups excluding tert-OH is 1. The number of H-pyrrole nitrogens is 1. The van der Waals surface area contributed by atoms with Crippen molar-refractivity contribution in [2.24, 2.45) is 0 Å². The molecule has 0 saturated heterocycles. The molecule has 0 saturated carbocycles. The first-order valence-electron chi connectivity index (χ1n) is 9.65. The van der Waals surface area contributed by atoms with Crippen LogP contribution in [0.25, 0.3) is 11.0 Å². The van der Waals surface area contributed by atoms with Crippen molar-refractivity contribution in [2.75, 3.05) is 12.3 Å². The third-order valence-corrected chi connectivity index (χ3v) is 12.3. The fourth-order valence-corrected chi connectivity index (χ4v) is 8.45. The SMILES string of the molecule is CC[Si](CC)(CC)c1[nH]c2ncc(Cl)cc2c1CCO.Nc1ncc(Cl)cc1I. The Hall–Kier alpha value is -0.873. The number of aromatic nitrogens is 3. The molecule has 0 amide bonds. The van der Waals surface area contributed by atoms with Crippen LogP contribution in [0.3, 0.4) is 0 Å². The van der Waals surface area contributed by atoms with E-state index in [9.17, 15) is 5.11 Å². The van der Waals surface area contributed by atoms with Gasteiger partial charge in [-0.25, -0.2) is 9.97 Å². The number of hydrogen-bond acceptors (Lipinski definition) is 4. The quantitative estimate of drug-likeness (QED) is 0.277. The van der Waals surface area contributed by atoms with Gasteiger partial charge in [-0.3, -0.25) is 0 Å². The summed E-state index contributed by atoms with van der Waals surface area (Å²) >= 11 is 13.8. The van der Waals surface area contributed by atoms with E-state index in [1.165, 1.54) is 35.2 Å². The highest BCUT2D eigenvalue weighted by atomic mass is 127. The molecule has 0 spiro atoms. The minimum Gasteiger partial charge on any atom is -0.396 e. The summed E-state index contributed by atoms with van der Waals surface area (Å²) in [6.45, 7) is 7.02. The Morgan fingerprint density at radius 1 is 1.07 bits per heavy atom. The molecule has 0 aliphatic carbocycles. The lowest BCUT2D eigenvalue weighted by atomic mass is 10.2. The second kappa shape index (κ2) is 10.9. The monoisotopic (exact) mass is 564 g/mol. The van der Waals surface area contributed by atoms with Crippen LogP contribution in [-0.2, 0) is 6.42 Å². The zero-order valence-corrected chi connectivity index (χ0v) is 21.6. The van der Waals surface area contributed by atoms with E-state index in [0.29, 0.717) is 22.3 Å². The van der Waals surface area contributed by atoms with Gasteiger partial charge in [0, 0.05) is 29.7 Å². The number of nitrogens with zero attached hydrogens (tertiary/aromatic N) is 2. The van der Waals surface area contributed by atoms with Gasteiger partial charge in [0.1, 0.15) is 19.5 Å². The highest BCUT2D eigenvalue weighted by Gasteiger charge is 2.34. The second-order valence-corrected chi connectivity index (χ2v) is 14.1. The lowest BCUT2D eigenvalue weighted by Gasteiger charge is -2.28. The summed E-state index contributed by atoms with van der Waals surface area (Å²) < 4.78 is 0.889. The molecule has 0 aliphatic heterocycles. The second-order valence-electron chi connectivity index (χ2n) is 6.86. The van der Waals surface area contributed by atoms with Crippen LogP contribution in [0.5, 0.6) is 0 Å². The van der Waals surface area contributed by atoms with E-state index >= 15 is 0 Å². The summed E-state index contributed by atoms with van der Waals surface area (Å²) in [5.74, 6) is 0.528. The number of halogens is 3. The van der Waals surface area contributed by atoms with Crippen molar-refractivity contribution in [1.82, 2.24) is 15.0 Å². The molecule has 3 aromatic heterocycles. The van der Waals surface area contributed by atoms with Crippen molar-refractivity contribution in [3.8, 4) is 0 Å². The molecule has 0 aliphatic rings. The molecule has 9 heteroatoms. The van der Waals surface area contributed by atoms with Crippen molar-refractivity contribution in [2.45, 2.75) is 45.3 Å². The lowest BCUT2D eigenvalue weighted by Crippen LogP contribution is -2.48. The van der Waals surface area contributed by atoms with Gasteiger partial charge in [0.05, 0.1) is 13.6 Å². The van der Waals surface area contributed by atoms with E-state index in [1.807, 2.05) is 6.07 Å². The number of aliphatic hydroxyl groups is 1. The molecule has 0 atom stereocenters. The van der Waals surface area contributed by atoms with Crippen LogP contribution in [0.4, 0.5) is 5.82 Å². The van der Waals surface area contributed by atoms with Gasteiger partial charge < -0.3 is 15.8 Å². The van der Waals surface area contributed by atoms with Crippen molar-refractivity contribution in [1.29, 1.82) is 0 Å². The minimum atomic E-state index is -1.53. The molecule has 0 fully saturated rings. The number of fused-ring (bicyclic) bond motifs is 1. The standard InChI is InChI=1S/C15H23ClN2OSi.C5H4ClIN2/c1-4-20(5-2,6-3)15-12(7-8-19)13-9-11(16)10-17-14(13)18-15;6-3-1-4(7)5(8)9-2-3/h9-10,19H,4-8H2,1-3H3,(H,17,18);1-2H,(H2,8,9). The number of anilines is 1. The van der Waals surface area contributed by atoms with E-state index in [2.05, 4.69) is 58.3 Å². The Labute approximate surface area is 196 Å². The Balaban J connectivity index is 0.000000278. The fraction of sp³-hybridized carbons (Fsp3) is 0.400. The largest absolute Gasteiger partial charge is 0.396 e. The normalized spacial score (nSPS) is 11.4. The van der Waals surface area contributed by atoms with Crippen molar-refractivity contribution in [3.05, 3.63) is 43.7 Å². The predicted octanol–water partition coefficient (Wildman–Crippen LogP) is 5.39. The van der Waals surface area contributed by atoms with Gasteiger partial charge in [0.25, 0.3) is 0 Å². The third-order valence-electron chi connectivity index (χ3n) is 5.48. The molecule has 158 valence electrons. The summed E-state index contributed by atoms with van der Waals surface area (Å²) in [5, 5.41) is 13.1. The molecular weight excluding hydrogens is 538 g/mol. The Bertz CT molecular complexity index is 955. The first-order chi connectivity index (χ1) is 13.8. The summed E-state index contributed by atoms with van der Waals surface area (Å²) in [6, 6.07) is 7.36. The topological polar surface area (TPSA) is 87.8 Å². The maximum absolute atomic E-state index is 9.42. The van der Waals surface area contributed by atoms with Crippen LogP contribution in [0.2, 0.25) is 28.2 Å². The van der Waals surface area contributed by atoms with Crippen molar-refractivity contribution in [3.63, 3.8) is 0 Å². The molecule has 5 nitrogen and oxygen atoms in total. The minimum absolute atomic E-state index is 0.161. The van der Waals surface area contributed by atoms with E-state index in [4.69, 9.17) is 28.9 Å². The van der Waals surface area contributed by atoms with E-state index in [1.54, 1.807) is 12.3 Å². The van der Waals surface area contributed by atoms with Crippen molar-refractivity contribution < 1.29 is 5.11 Å².